The average molecular weight is 740 g/mol. The summed E-state index contributed by atoms with van der Waals surface area (Å²) in [5, 5.41) is 15.2. The van der Waals surface area contributed by atoms with E-state index >= 15 is 0 Å². The molecule has 53 heavy (non-hydrogen) atoms. The summed E-state index contributed by atoms with van der Waals surface area (Å²) in [6.07, 6.45) is 16.1. The zero-order chi connectivity index (χ0) is 37.5. The Morgan fingerprint density at radius 2 is 1.60 bits per heavy atom. The number of aromatic nitrogens is 2. The summed E-state index contributed by atoms with van der Waals surface area (Å²) in [5.41, 5.74) is 2.53. The highest BCUT2D eigenvalue weighted by Crippen LogP contribution is 2.40. The van der Waals surface area contributed by atoms with Gasteiger partial charge in [0.25, 0.3) is 5.91 Å². The van der Waals surface area contributed by atoms with E-state index in [9.17, 15) is 19.5 Å². The number of hydrogen-bond donors (Lipinski definition) is 3. The first-order chi connectivity index (χ1) is 25.5. The summed E-state index contributed by atoms with van der Waals surface area (Å²) < 4.78 is 5.28. The second-order valence-corrected chi connectivity index (χ2v) is 16.9. The lowest BCUT2D eigenvalue weighted by molar-refractivity contribution is -0.142. The molecule has 1 saturated heterocycles. The fraction of sp³-hybridized carbons (Fsp3) is 0.500. The number of hydrogen-bond acceptors (Lipinski definition) is 8. The van der Waals surface area contributed by atoms with E-state index < -0.39 is 29.9 Å². The number of carbonyl (C=O) groups excluding carboxylic acids is 2. The molecule has 3 N–H and O–H groups in total. The van der Waals surface area contributed by atoms with Gasteiger partial charge in [-0.25, -0.2) is 14.8 Å². The lowest BCUT2D eigenvalue weighted by Gasteiger charge is -2.39. The minimum Gasteiger partial charge on any atom is -0.479 e. The summed E-state index contributed by atoms with van der Waals surface area (Å²) >= 11 is 1.37. The largest absolute Gasteiger partial charge is 0.479 e. The Morgan fingerprint density at radius 3 is 2.19 bits per heavy atom. The molecule has 0 radical (unpaired) electrons. The van der Waals surface area contributed by atoms with Crippen molar-refractivity contribution in [1.29, 1.82) is 0 Å². The molecule has 282 valence electrons. The quantitative estimate of drug-likeness (QED) is 0.125. The standard InChI is InChI=1S/C42H53N5O5S/c1-5-7-27-9-13-29(14-10-27)30-19-21-47(22-20-30)32-25-43-38(44-26-32)31-15-11-28(12-16-31)24-33(39(48)46-37(41(50)51)34-8-6-23-52-34)45-40(49)35-17-18-36(53-35)42(2,3)4/h6,8,11-12,15-18,23,25-27,29-30,33,37H,5,7,9-10,13-14,19-22,24H2,1-4H3,(H,45,49)(H,46,48)(H,50,51)/t27?,29?,33-,37?/m0/s1. The van der Waals surface area contributed by atoms with Crippen LogP contribution in [0.5, 0.6) is 0 Å². The van der Waals surface area contributed by atoms with Crippen LogP contribution in [0, 0.1) is 17.8 Å². The van der Waals surface area contributed by atoms with E-state index in [0.29, 0.717) is 10.7 Å². The van der Waals surface area contributed by atoms with Crippen LogP contribution in [0.4, 0.5) is 5.69 Å². The van der Waals surface area contributed by atoms with Crippen molar-refractivity contribution in [2.45, 2.75) is 103 Å². The first-order valence-corrected chi connectivity index (χ1v) is 19.9. The number of thiophene rings is 1. The first-order valence-electron chi connectivity index (χ1n) is 19.1. The molecule has 1 aromatic carbocycles. The van der Waals surface area contributed by atoms with E-state index in [4.69, 9.17) is 14.4 Å². The van der Waals surface area contributed by atoms with Gasteiger partial charge in [-0.15, -0.1) is 11.3 Å². The Kier molecular flexibility index (Phi) is 12.3. The van der Waals surface area contributed by atoms with Gasteiger partial charge in [0, 0.05) is 30.0 Å². The lowest BCUT2D eigenvalue weighted by atomic mass is 9.72. The fourth-order valence-electron chi connectivity index (χ4n) is 7.90. The van der Waals surface area contributed by atoms with Crippen LogP contribution in [-0.2, 0) is 21.4 Å². The number of anilines is 1. The molecule has 1 aliphatic heterocycles. The zero-order valence-electron chi connectivity index (χ0n) is 31.3. The van der Waals surface area contributed by atoms with Gasteiger partial charge in [0.1, 0.15) is 11.8 Å². The zero-order valence-corrected chi connectivity index (χ0v) is 32.2. The van der Waals surface area contributed by atoms with E-state index in [0.717, 1.165) is 52.5 Å². The van der Waals surface area contributed by atoms with Gasteiger partial charge in [-0.2, -0.15) is 0 Å². The van der Waals surface area contributed by atoms with Crippen LogP contribution in [0.1, 0.15) is 111 Å². The summed E-state index contributed by atoms with van der Waals surface area (Å²) in [7, 11) is 0. The highest BCUT2D eigenvalue weighted by Gasteiger charge is 2.32. The summed E-state index contributed by atoms with van der Waals surface area (Å²) in [6, 6.07) is 11.8. The Bertz CT molecular complexity index is 1800. The van der Waals surface area contributed by atoms with Crippen LogP contribution in [0.25, 0.3) is 11.4 Å². The number of rotatable bonds is 13. The predicted molar refractivity (Wildman–Crippen MR) is 208 cm³/mol. The maximum Gasteiger partial charge on any atom is 0.334 e. The maximum atomic E-state index is 13.6. The molecule has 2 amide bonds. The Morgan fingerprint density at radius 1 is 0.925 bits per heavy atom. The van der Waals surface area contributed by atoms with Crippen molar-refractivity contribution < 1.29 is 23.9 Å². The van der Waals surface area contributed by atoms with E-state index in [1.165, 1.54) is 75.0 Å². The Labute approximate surface area is 316 Å². The van der Waals surface area contributed by atoms with E-state index in [1.807, 2.05) is 42.7 Å². The molecule has 4 aromatic rings. The van der Waals surface area contributed by atoms with Crippen molar-refractivity contribution in [2.75, 3.05) is 18.0 Å². The number of nitrogens with zero attached hydrogens (tertiary/aromatic N) is 3. The van der Waals surface area contributed by atoms with Gasteiger partial charge in [-0.05, 0) is 78.7 Å². The molecule has 6 rings (SSSR count). The van der Waals surface area contributed by atoms with Crippen LogP contribution in [-0.4, -0.2) is 52.0 Å². The van der Waals surface area contributed by atoms with Crippen molar-refractivity contribution in [3.63, 3.8) is 0 Å². The van der Waals surface area contributed by atoms with Crippen LogP contribution < -0.4 is 15.5 Å². The van der Waals surface area contributed by atoms with Crippen molar-refractivity contribution in [3.05, 3.63) is 88.3 Å². The van der Waals surface area contributed by atoms with Gasteiger partial charge in [0.05, 0.1) is 29.2 Å². The molecule has 1 saturated carbocycles. The minimum absolute atomic E-state index is 0.0868. The van der Waals surface area contributed by atoms with Gasteiger partial charge in [-0.1, -0.05) is 77.6 Å². The number of carboxylic acid groups (broad SMARTS) is 1. The molecule has 0 bridgehead atoms. The number of furan rings is 1. The van der Waals surface area contributed by atoms with Gasteiger partial charge < -0.3 is 25.1 Å². The van der Waals surface area contributed by atoms with Gasteiger partial charge in [0.15, 0.2) is 11.9 Å². The third-order valence-corrected chi connectivity index (χ3v) is 12.5. The minimum atomic E-state index is -1.41. The third-order valence-electron chi connectivity index (χ3n) is 11.0. The SMILES string of the molecule is CCCC1CCC(C2CCN(c3cnc(-c4ccc(C[C@H](NC(=O)c5ccc(C(C)(C)C)s5)C(=O)NC(C(=O)O)c5ccco5)cc4)nc3)CC2)CC1. The molecule has 3 aromatic heterocycles. The number of carbonyl (C=O) groups is 3. The van der Waals surface area contributed by atoms with Crippen LogP contribution in [0.2, 0.25) is 0 Å². The molecule has 1 unspecified atom stereocenters. The maximum absolute atomic E-state index is 13.6. The van der Waals surface area contributed by atoms with Gasteiger partial charge in [0.2, 0.25) is 5.91 Å². The van der Waals surface area contributed by atoms with Crippen molar-refractivity contribution >= 4 is 34.8 Å². The number of carboxylic acids is 1. The highest BCUT2D eigenvalue weighted by molar-refractivity contribution is 7.14. The first kappa shape index (κ1) is 38.2. The van der Waals surface area contributed by atoms with Crippen molar-refractivity contribution in [2.24, 2.45) is 17.8 Å². The van der Waals surface area contributed by atoms with Gasteiger partial charge >= 0.3 is 5.97 Å². The lowest BCUT2D eigenvalue weighted by Crippen LogP contribution is -2.49. The number of benzene rings is 1. The molecule has 10 nitrogen and oxygen atoms in total. The van der Waals surface area contributed by atoms with E-state index in [2.05, 4.69) is 43.2 Å². The van der Waals surface area contributed by atoms with E-state index in [-0.39, 0.29) is 17.6 Å². The molecule has 0 spiro atoms. The topological polar surface area (TPSA) is 138 Å². The van der Waals surface area contributed by atoms with Gasteiger partial charge in [-0.3, -0.25) is 9.59 Å². The second kappa shape index (κ2) is 17.1. The summed E-state index contributed by atoms with van der Waals surface area (Å²) in [5.74, 6) is 1.05. The molecule has 11 heteroatoms. The molecular weight excluding hydrogens is 687 g/mol. The fourth-order valence-corrected chi connectivity index (χ4v) is 8.87. The van der Waals surface area contributed by atoms with Crippen LogP contribution in [0.3, 0.4) is 0 Å². The predicted octanol–water partition coefficient (Wildman–Crippen LogP) is 8.20. The number of aliphatic carboxylic acids is 1. The molecule has 1 aliphatic carbocycles. The average Bonchev–Trinajstić information content (AvgIpc) is 3.89. The highest BCUT2D eigenvalue weighted by atomic mass is 32.1. The summed E-state index contributed by atoms with van der Waals surface area (Å²) in [4.78, 5) is 52.4. The van der Waals surface area contributed by atoms with Crippen LogP contribution >= 0.6 is 11.3 Å². The van der Waals surface area contributed by atoms with E-state index in [1.54, 1.807) is 12.1 Å². The molecule has 2 aliphatic rings. The number of nitrogens with one attached hydrogen (secondary N) is 2. The molecule has 2 fully saturated rings. The smallest absolute Gasteiger partial charge is 0.334 e. The molecule has 2 atom stereocenters. The number of piperidine rings is 1. The summed E-state index contributed by atoms with van der Waals surface area (Å²) in [6.45, 7) is 10.6. The number of amides is 2. The molecule has 4 heterocycles. The molecular formula is C42H53N5O5S. The van der Waals surface area contributed by atoms with Crippen molar-refractivity contribution in [3.8, 4) is 11.4 Å². The van der Waals surface area contributed by atoms with Crippen molar-refractivity contribution in [1.82, 2.24) is 20.6 Å². The third kappa shape index (κ3) is 9.73. The van der Waals surface area contributed by atoms with Crippen LogP contribution in [0.15, 0.2) is 71.6 Å². The monoisotopic (exact) mass is 739 g/mol. The second-order valence-electron chi connectivity index (χ2n) is 15.8. The Balaban J connectivity index is 1.09. The Hall–Kier alpha value is -4.51. The normalized spacial score (nSPS) is 19.4.